The summed E-state index contributed by atoms with van der Waals surface area (Å²) in [7, 11) is 1.58. The van der Waals surface area contributed by atoms with E-state index in [-0.39, 0.29) is 16.7 Å². The van der Waals surface area contributed by atoms with E-state index in [1.54, 1.807) is 43.5 Å². The van der Waals surface area contributed by atoms with Crippen LogP contribution in [0.1, 0.15) is 5.56 Å². The van der Waals surface area contributed by atoms with Gasteiger partial charge in [0, 0.05) is 15.7 Å². The molecule has 0 radical (unpaired) electrons. The normalized spacial score (nSPS) is 19.6. The van der Waals surface area contributed by atoms with Gasteiger partial charge in [-0.2, -0.15) is 5.10 Å². The molecular weight excluding hydrogens is 406 g/mol. The van der Waals surface area contributed by atoms with Crippen LogP contribution in [0.3, 0.4) is 0 Å². The molecule has 8 heteroatoms. The molecule has 0 saturated carbocycles. The molecule has 0 saturated heterocycles. The highest BCUT2D eigenvalue weighted by atomic mass is 79.9. The highest BCUT2D eigenvalue weighted by Crippen LogP contribution is 2.28. The number of benzene rings is 2. The van der Waals surface area contributed by atoms with Crippen molar-refractivity contribution in [2.45, 2.75) is 5.72 Å². The maximum Gasteiger partial charge on any atom is 0.282 e. The molecule has 0 aromatic heterocycles. The quantitative estimate of drug-likeness (QED) is 0.706. The largest absolute Gasteiger partial charge is 0.497 e. The van der Waals surface area contributed by atoms with Gasteiger partial charge in [0.25, 0.3) is 5.91 Å². The maximum absolute atomic E-state index is 12.3. The Bertz CT molecular complexity index is 796. The van der Waals surface area contributed by atoms with E-state index in [0.29, 0.717) is 17.0 Å². The number of carbonyl (C=O) groups is 1. The number of methoxy groups -OCH3 is 1. The zero-order chi connectivity index (χ0) is 17.9. The van der Waals surface area contributed by atoms with Gasteiger partial charge in [-0.25, -0.2) is 0 Å². The van der Waals surface area contributed by atoms with Crippen molar-refractivity contribution in [1.29, 1.82) is 0 Å². The molecule has 3 N–H and O–H groups in total. The fourth-order valence-electron chi connectivity index (χ4n) is 2.23. The number of halogens is 1. The molecule has 0 bridgehead atoms. The van der Waals surface area contributed by atoms with Crippen molar-refractivity contribution in [3.63, 3.8) is 0 Å². The van der Waals surface area contributed by atoms with Crippen molar-refractivity contribution in [2.24, 2.45) is 5.10 Å². The SMILES string of the molecule is COc1ccc(NC(=O)C2=NNC(O)(c3ccc(Br)cc3)CS2)cc1. The molecule has 1 heterocycles. The van der Waals surface area contributed by atoms with E-state index in [1.807, 2.05) is 12.1 Å². The summed E-state index contributed by atoms with van der Waals surface area (Å²) in [5.41, 5.74) is 2.71. The number of carbonyl (C=O) groups excluding carboxylic acids is 1. The Hall–Kier alpha value is -2.03. The van der Waals surface area contributed by atoms with Crippen molar-refractivity contribution in [3.05, 3.63) is 58.6 Å². The summed E-state index contributed by atoms with van der Waals surface area (Å²) in [4.78, 5) is 12.3. The van der Waals surface area contributed by atoms with E-state index in [4.69, 9.17) is 4.74 Å². The monoisotopic (exact) mass is 421 g/mol. The molecule has 0 aliphatic carbocycles. The van der Waals surface area contributed by atoms with Gasteiger partial charge in [0.2, 0.25) is 0 Å². The number of amides is 1. The summed E-state index contributed by atoms with van der Waals surface area (Å²) in [6.07, 6.45) is 0. The molecule has 2 aromatic rings. The van der Waals surface area contributed by atoms with E-state index in [9.17, 15) is 9.90 Å². The number of ether oxygens (including phenoxy) is 1. The molecule has 0 fully saturated rings. The lowest BCUT2D eigenvalue weighted by Crippen LogP contribution is -2.46. The topological polar surface area (TPSA) is 83.0 Å². The van der Waals surface area contributed by atoms with Crippen LogP contribution in [0.5, 0.6) is 5.75 Å². The summed E-state index contributed by atoms with van der Waals surface area (Å²) in [5.74, 6) is 0.646. The minimum absolute atomic E-state index is 0.262. The number of hydrogen-bond donors (Lipinski definition) is 3. The maximum atomic E-state index is 12.3. The lowest BCUT2D eigenvalue weighted by atomic mass is 10.1. The molecule has 1 aliphatic heterocycles. The first kappa shape index (κ1) is 17.8. The van der Waals surface area contributed by atoms with Crippen LogP contribution in [-0.4, -0.2) is 28.9 Å². The Morgan fingerprint density at radius 1 is 1.28 bits per heavy atom. The third-order valence-corrected chi connectivity index (χ3v) is 5.26. The van der Waals surface area contributed by atoms with Crippen LogP contribution in [0.2, 0.25) is 0 Å². The van der Waals surface area contributed by atoms with E-state index in [0.717, 1.165) is 4.47 Å². The van der Waals surface area contributed by atoms with Crippen molar-refractivity contribution < 1.29 is 14.6 Å². The van der Waals surface area contributed by atoms with E-state index < -0.39 is 5.72 Å². The van der Waals surface area contributed by atoms with Crippen LogP contribution in [0.25, 0.3) is 0 Å². The summed E-state index contributed by atoms with van der Waals surface area (Å²) in [5, 5.41) is 17.7. The number of hydrogen-bond acceptors (Lipinski definition) is 6. The Balaban J connectivity index is 1.67. The number of nitrogens with zero attached hydrogens (tertiary/aromatic N) is 1. The third kappa shape index (κ3) is 4.15. The molecule has 3 rings (SSSR count). The van der Waals surface area contributed by atoms with Crippen LogP contribution < -0.4 is 15.5 Å². The number of nitrogens with one attached hydrogen (secondary N) is 2. The lowest BCUT2D eigenvalue weighted by molar-refractivity contribution is -0.110. The van der Waals surface area contributed by atoms with Crippen LogP contribution in [0, 0.1) is 0 Å². The summed E-state index contributed by atoms with van der Waals surface area (Å²) in [6, 6.07) is 14.3. The van der Waals surface area contributed by atoms with Gasteiger partial charge in [-0.1, -0.05) is 39.8 Å². The van der Waals surface area contributed by atoms with Gasteiger partial charge in [0.15, 0.2) is 10.8 Å². The second kappa shape index (κ2) is 7.47. The molecule has 1 amide bonds. The molecule has 25 heavy (non-hydrogen) atoms. The number of rotatable bonds is 4. The van der Waals surface area contributed by atoms with Crippen LogP contribution >= 0.6 is 27.7 Å². The minimum Gasteiger partial charge on any atom is -0.497 e. The predicted molar refractivity (Wildman–Crippen MR) is 103 cm³/mol. The van der Waals surface area contributed by atoms with Crippen LogP contribution in [0.15, 0.2) is 58.1 Å². The average Bonchev–Trinajstić information content (AvgIpc) is 2.63. The van der Waals surface area contributed by atoms with Gasteiger partial charge in [0.05, 0.1) is 12.9 Å². The number of aliphatic hydroxyl groups is 1. The Morgan fingerprint density at radius 2 is 1.96 bits per heavy atom. The average molecular weight is 422 g/mol. The Morgan fingerprint density at radius 3 is 2.52 bits per heavy atom. The molecule has 1 atom stereocenters. The first-order valence-electron chi connectivity index (χ1n) is 7.42. The predicted octanol–water partition coefficient (Wildman–Crippen LogP) is 2.89. The molecule has 130 valence electrons. The first-order valence-corrected chi connectivity index (χ1v) is 9.19. The van der Waals surface area contributed by atoms with E-state index in [1.165, 1.54) is 11.8 Å². The fraction of sp³-hybridized carbons (Fsp3) is 0.176. The Kier molecular flexibility index (Phi) is 5.31. The van der Waals surface area contributed by atoms with Crippen molar-refractivity contribution in [1.82, 2.24) is 5.43 Å². The van der Waals surface area contributed by atoms with Gasteiger partial charge in [-0.15, -0.1) is 0 Å². The molecule has 2 aromatic carbocycles. The second-order valence-electron chi connectivity index (χ2n) is 5.37. The Labute approximate surface area is 157 Å². The lowest BCUT2D eigenvalue weighted by Gasteiger charge is -2.31. The van der Waals surface area contributed by atoms with E-state index >= 15 is 0 Å². The van der Waals surface area contributed by atoms with Crippen LogP contribution in [0.4, 0.5) is 5.69 Å². The number of thioether (sulfide) groups is 1. The van der Waals surface area contributed by atoms with Gasteiger partial charge < -0.3 is 15.2 Å². The van der Waals surface area contributed by atoms with Gasteiger partial charge in [0.1, 0.15) is 5.75 Å². The zero-order valence-electron chi connectivity index (χ0n) is 13.3. The van der Waals surface area contributed by atoms with Gasteiger partial charge in [-0.05, 0) is 36.4 Å². The third-order valence-electron chi connectivity index (χ3n) is 3.62. The molecule has 1 unspecified atom stereocenters. The molecule has 6 nitrogen and oxygen atoms in total. The minimum atomic E-state index is -1.31. The van der Waals surface area contributed by atoms with Crippen molar-refractivity contribution >= 4 is 44.3 Å². The molecular formula is C17H16BrN3O3S. The standard InChI is InChI=1S/C17H16BrN3O3S/c1-24-14-8-6-13(7-9-14)19-15(22)16-20-21-17(23,10-25-16)11-2-4-12(18)5-3-11/h2-9,21,23H,10H2,1H3,(H,19,22). The fourth-order valence-corrected chi connectivity index (χ4v) is 3.36. The smallest absolute Gasteiger partial charge is 0.282 e. The number of hydrazone groups is 1. The highest BCUT2D eigenvalue weighted by molar-refractivity contribution is 9.10. The number of anilines is 1. The zero-order valence-corrected chi connectivity index (χ0v) is 15.7. The van der Waals surface area contributed by atoms with Crippen molar-refractivity contribution in [2.75, 3.05) is 18.2 Å². The van der Waals surface area contributed by atoms with Crippen molar-refractivity contribution in [3.8, 4) is 5.75 Å². The first-order chi connectivity index (χ1) is 12.0. The molecule has 1 aliphatic rings. The van der Waals surface area contributed by atoms with Crippen LogP contribution in [-0.2, 0) is 10.5 Å². The van der Waals surface area contributed by atoms with Gasteiger partial charge >= 0.3 is 0 Å². The highest BCUT2D eigenvalue weighted by Gasteiger charge is 2.34. The summed E-state index contributed by atoms with van der Waals surface area (Å²) >= 11 is 4.55. The molecule has 0 spiro atoms. The van der Waals surface area contributed by atoms with Gasteiger partial charge in [-0.3, -0.25) is 10.2 Å². The second-order valence-corrected chi connectivity index (χ2v) is 7.25. The summed E-state index contributed by atoms with van der Waals surface area (Å²) in [6.45, 7) is 0. The summed E-state index contributed by atoms with van der Waals surface area (Å²) < 4.78 is 6.00. The van der Waals surface area contributed by atoms with E-state index in [2.05, 4.69) is 31.8 Å².